The van der Waals surface area contributed by atoms with Crippen molar-refractivity contribution in [3.8, 4) is 0 Å². The summed E-state index contributed by atoms with van der Waals surface area (Å²) in [6.07, 6.45) is 0.744. The molecule has 37 heavy (non-hydrogen) atoms. The molecule has 0 saturated heterocycles. The summed E-state index contributed by atoms with van der Waals surface area (Å²) in [6.45, 7) is 5.45. The number of sulfonamides is 1. The minimum absolute atomic E-state index is 0.0480. The number of rotatable bonds is 11. The van der Waals surface area contributed by atoms with Crippen LogP contribution in [0.25, 0.3) is 0 Å². The van der Waals surface area contributed by atoms with E-state index in [0.29, 0.717) is 22.8 Å². The van der Waals surface area contributed by atoms with Crippen molar-refractivity contribution in [1.82, 2.24) is 10.2 Å². The third kappa shape index (κ3) is 7.11. The van der Waals surface area contributed by atoms with E-state index in [1.54, 1.807) is 73.7 Å². The van der Waals surface area contributed by atoms with Crippen LogP contribution in [0.2, 0.25) is 5.02 Å². The highest BCUT2D eigenvalue weighted by atomic mass is 35.5. The largest absolute Gasteiger partial charge is 0.354 e. The Morgan fingerprint density at radius 2 is 1.57 bits per heavy atom. The van der Waals surface area contributed by atoms with E-state index in [0.717, 1.165) is 16.3 Å². The van der Waals surface area contributed by atoms with Gasteiger partial charge in [0.1, 0.15) is 12.6 Å². The molecular formula is C28H32ClN3O4S. The van der Waals surface area contributed by atoms with Crippen LogP contribution in [0.1, 0.15) is 31.4 Å². The second-order valence-corrected chi connectivity index (χ2v) is 11.0. The van der Waals surface area contributed by atoms with E-state index < -0.39 is 28.5 Å². The molecule has 0 unspecified atom stereocenters. The van der Waals surface area contributed by atoms with Gasteiger partial charge >= 0.3 is 0 Å². The number of aryl methyl sites for hydroxylation is 1. The van der Waals surface area contributed by atoms with Gasteiger partial charge in [-0.25, -0.2) is 8.42 Å². The second-order valence-electron chi connectivity index (χ2n) is 8.74. The summed E-state index contributed by atoms with van der Waals surface area (Å²) in [4.78, 5) is 28.1. The molecule has 9 heteroatoms. The Morgan fingerprint density at radius 3 is 2.19 bits per heavy atom. The van der Waals surface area contributed by atoms with Gasteiger partial charge in [0, 0.05) is 18.1 Å². The number of carbonyl (C=O) groups excluding carboxylic acids is 2. The van der Waals surface area contributed by atoms with Crippen LogP contribution in [-0.2, 0) is 26.2 Å². The smallest absolute Gasteiger partial charge is 0.264 e. The Bertz CT molecular complexity index is 1310. The molecule has 3 rings (SSSR count). The van der Waals surface area contributed by atoms with Crippen LogP contribution >= 0.6 is 11.6 Å². The summed E-state index contributed by atoms with van der Waals surface area (Å²) >= 11 is 6.36. The van der Waals surface area contributed by atoms with Crippen molar-refractivity contribution in [3.05, 3.63) is 95.0 Å². The Balaban J connectivity index is 2.00. The molecular weight excluding hydrogens is 510 g/mol. The second kappa shape index (κ2) is 12.7. The molecule has 0 aliphatic rings. The lowest BCUT2D eigenvalue weighted by atomic mass is 10.1. The maximum atomic E-state index is 13.8. The first-order valence-corrected chi connectivity index (χ1v) is 13.9. The van der Waals surface area contributed by atoms with Gasteiger partial charge in [-0.1, -0.05) is 72.6 Å². The topological polar surface area (TPSA) is 86.8 Å². The Kier molecular flexibility index (Phi) is 9.72. The number of nitrogens with zero attached hydrogens (tertiary/aromatic N) is 2. The molecule has 0 aromatic heterocycles. The normalized spacial score (nSPS) is 12.0. The summed E-state index contributed by atoms with van der Waals surface area (Å²) < 4.78 is 28.5. The molecule has 0 radical (unpaired) electrons. The Labute approximate surface area is 224 Å². The van der Waals surface area contributed by atoms with Gasteiger partial charge in [0.25, 0.3) is 10.0 Å². The van der Waals surface area contributed by atoms with E-state index in [-0.39, 0.29) is 17.3 Å². The van der Waals surface area contributed by atoms with Crippen LogP contribution in [0.15, 0.2) is 83.8 Å². The molecule has 1 atom stereocenters. The first-order valence-electron chi connectivity index (χ1n) is 12.1. The monoisotopic (exact) mass is 541 g/mol. The van der Waals surface area contributed by atoms with Gasteiger partial charge in [-0.3, -0.25) is 13.9 Å². The molecule has 0 spiro atoms. The van der Waals surface area contributed by atoms with Crippen molar-refractivity contribution in [1.29, 1.82) is 0 Å². The van der Waals surface area contributed by atoms with Crippen LogP contribution < -0.4 is 9.62 Å². The third-order valence-electron chi connectivity index (χ3n) is 5.95. The number of para-hydroxylation sites is 1. The molecule has 3 aromatic rings. The summed E-state index contributed by atoms with van der Waals surface area (Å²) in [6, 6.07) is 21.1. The molecule has 2 amide bonds. The fraction of sp³-hybridized carbons (Fsp3) is 0.286. The van der Waals surface area contributed by atoms with E-state index in [4.69, 9.17) is 11.6 Å². The average molecular weight is 542 g/mol. The van der Waals surface area contributed by atoms with E-state index >= 15 is 0 Å². The van der Waals surface area contributed by atoms with Crippen molar-refractivity contribution in [2.24, 2.45) is 0 Å². The van der Waals surface area contributed by atoms with Crippen molar-refractivity contribution in [2.75, 3.05) is 17.4 Å². The van der Waals surface area contributed by atoms with Crippen molar-refractivity contribution >= 4 is 39.1 Å². The maximum absolute atomic E-state index is 13.8. The van der Waals surface area contributed by atoms with E-state index in [1.807, 2.05) is 13.8 Å². The molecule has 7 nitrogen and oxygen atoms in total. The summed E-state index contributed by atoms with van der Waals surface area (Å²) in [5, 5.41) is 3.27. The first-order chi connectivity index (χ1) is 17.6. The number of hydrogen-bond donors (Lipinski definition) is 1. The van der Waals surface area contributed by atoms with Crippen molar-refractivity contribution in [2.45, 2.75) is 44.7 Å². The molecule has 3 aromatic carbocycles. The first kappa shape index (κ1) is 28.2. The molecule has 1 N–H and O–H groups in total. The highest BCUT2D eigenvalue weighted by Gasteiger charge is 2.32. The highest BCUT2D eigenvalue weighted by Crippen LogP contribution is 2.25. The maximum Gasteiger partial charge on any atom is 0.264 e. The summed E-state index contributed by atoms with van der Waals surface area (Å²) in [7, 11) is -4.08. The Hall–Kier alpha value is -3.36. The standard InChI is InChI=1S/C28H32ClN3O4S/c1-4-18-30-28(34)22(3)31(19-23-10-8-9-13-26(23)29)27(33)20-32(24-11-6-5-7-12-24)37(35,36)25-16-14-21(2)15-17-25/h5-17,22H,4,18-20H2,1-3H3,(H,30,34)/t22-/m0/s1. The van der Waals surface area contributed by atoms with Crippen molar-refractivity contribution in [3.63, 3.8) is 0 Å². The fourth-order valence-corrected chi connectivity index (χ4v) is 5.36. The van der Waals surface area contributed by atoms with Gasteiger partial charge in [0.2, 0.25) is 11.8 Å². The molecule has 196 valence electrons. The fourth-order valence-electron chi connectivity index (χ4n) is 3.75. The van der Waals surface area contributed by atoms with Crippen LogP contribution in [0.4, 0.5) is 5.69 Å². The molecule has 0 aliphatic carbocycles. The number of amides is 2. The minimum Gasteiger partial charge on any atom is -0.354 e. The minimum atomic E-state index is -4.08. The number of nitrogens with one attached hydrogen (secondary N) is 1. The van der Waals surface area contributed by atoms with Gasteiger partial charge in [0.15, 0.2) is 0 Å². The lowest BCUT2D eigenvalue weighted by molar-refractivity contribution is -0.139. The van der Waals surface area contributed by atoms with E-state index in [9.17, 15) is 18.0 Å². The van der Waals surface area contributed by atoms with Crippen LogP contribution in [0.5, 0.6) is 0 Å². The zero-order valence-corrected chi connectivity index (χ0v) is 22.8. The van der Waals surface area contributed by atoms with Gasteiger partial charge in [-0.2, -0.15) is 0 Å². The van der Waals surface area contributed by atoms with Crippen molar-refractivity contribution < 1.29 is 18.0 Å². The predicted octanol–water partition coefficient (Wildman–Crippen LogP) is 4.79. The molecule has 0 fully saturated rings. The average Bonchev–Trinajstić information content (AvgIpc) is 2.90. The van der Waals surface area contributed by atoms with Gasteiger partial charge in [-0.05, 0) is 56.2 Å². The molecule has 0 saturated carbocycles. The quantitative estimate of drug-likeness (QED) is 0.378. The van der Waals surface area contributed by atoms with Gasteiger partial charge < -0.3 is 10.2 Å². The van der Waals surface area contributed by atoms with Gasteiger partial charge in [-0.15, -0.1) is 0 Å². The summed E-state index contributed by atoms with van der Waals surface area (Å²) in [5.74, 6) is -0.853. The number of hydrogen-bond acceptors (Lipinski definition) is 4. The molecule has 0 heterocycles. The lowest BCUT2D eigenvalue weighted by Gasteiger charge is -2.32. The van der Waals surface area contributed by atoms with Crippen LogP contribution in [0.3, 0.4) is 0 Å². The third-order valence-corrected chi connectivity index (χ3v) is 8.10. The number of benzene rings is 3. The SMILES string of the molecule is CCCNC(=O)[C@H](C)N(Cc1ccccc1Cl)C(=O)CN(c1ccccc1)S(=O)(=O)c1ccc(C)cc1. The van der Waals surface area contributed by atoms with Gasteiger partial charge in [0.05, 0.1) is 10.6 Å². The number of halogens is 1. The van der Waals surface area contributed by atoms with E-state index in [2.05, 4.69) is 5.32 Å². The molecule has 0 aliphatic heterocycles. The highest BCUT2D eigenvalue weighted by molar-refractivity contribution is 7.92. The Morgan fingerprint density at radius 1 is 0.946 bits per heavy atom. The zero-order chi connectivity index (χ0) is 27.0. The molecule has 0 bridgehead atoms. The number of carbonyl (C=O) groups is 2. The van der Waals surface area contributed by atoms with E-state index in [1.165, 1.54) is 17.0 Å². The lowest BCUT2D eigenvalue weighted by Crippen LogP contribution is -2.51. The van der Waals surface area contributed by atoms with Crippen LogP contribution in [0, 0.1) is 6.92 Å². The summed E-state index contributed by atoms with van der Waals surface area (Å²) in [5.41, 5.74) is 1.91. The zero-order valence-electron chi connectivity index (χ0n) is 21.2. The number of anilines is 1. The predicted molar refractivity (Wildman–Crippen MR) is 147 cm³/mol. The van der Waals surface area contributed by atoms with Crippen LogP contribution in [-0.4, -0.2) is 44.3 Å².